The summed E-state index contributed by atoms with van der Waals surface area (Å²) < 4.78 is 0. The standard InChI is InChI=1S/C12H10ClNO2.ClH/c13-9-6-5-7-3-1-2-4-8(7)10(9)11(15)12(14)16;/h1-6,11,15H,(H2,14,16);1H. The molecule has 0 bridgehead atoms. The molecule has 3 nitrogen and oxygen atoms in total. The minimum atomic E-state index is -1.38. The van der Waals surface area contributed by atoms with Gasteiger partial charge in [-0.15, -0.1) is 12.4 Å². The van der Waals surface area contributed by atoms with Gasteiger partial charge in [0.15, 0.2) is 6.10 Å². The highest BCUT2D eigenvalue weighted by Crippen LogP contribution is 2.30. The quantitative estimate of drug-likeness (QED) is 0.881. The first-order valence-corrected chi connectivity index (χ1v) is 5.13. The molecule has 90 valence electrons. The molecule has 0 aromatic heterocycles. The van der Waals surface area contributed by atoms with E-state index in [-0.39, 0.29) is 12.4 Å². The number of aliphatic hydroxyl groups is 1. The third-order valence-electron chi connectivity index (χ3n) is 2.46. The number of rotatable bonds is 2. The van der Waals surface area contributed by atoms with E-state index in [0.29, 0.717) is 10.6 Å². The van der Waals surface area contributed by atoms with Gasteiger partial charge in [0.25, 0.3) is 5.91 Å². The van der Waals surface area contributed by atoms with Crippen LogP contribution in [0, 0.1) is 0 Å². The Kier molecular flexibility index (Phi) is 4.34. The Morgan fingerprint density at radius 3 is 2.53 bits per heavy atom. The van der Waals surface area contributed by atoms with Crippen molar-refractivity contribution in [2.75, 3.05) is 0 Å². The van der Waals surface area contributed by atoms with Crippen LogP contribution >= 0.6 is 24.0 Å². The number of fused-ring (bicyclic) bond motifs is 1. The molecule has 2 aromatic carbocycles. The van der Waals surface area contributed by atoms with Crippen LogP contribution in [0.25, 0.3) is 10.8 Å². The van der Waals surface area contributed by atoms with E-state index in [9.17, 15) is 9.90 Å². The van der Waals surface area contributed by atoms with Crippen LogP contribution < -0.4 is 5.73 Å². The van der Waals surface area contributed by atoms with Gasteiger partial charge in [0.05, 0.1) is 0 Å². The average Bonchev–Trinajstić information content (AvgIpc) is 2.28. The van der Waals surface area contributed by atoms with Crippen molar-refractivity contribution in [1.82, 2.24) is 0 Å². The Labute approximate surface area is 110 Å². The maximum atomic E-state index is 11.0. The second-order valence-corrected chi connectivity index (χ2v) is 3.89. The van der Waals surface area contributed by atoms with Gasteiger partial charge >= 0.3 is 0 Å². The lowest BCUT2D eigenvalue weighted by atomic mass is 10.00. The molecule has 0 fully saturated rings. The van der Waals surface area contributed by atoms with Crippen molar-refractivity contribution in [3.63, 3.8) is 0 Å². The van der Waals surface area contributed by atoms with Crippen LogP contribution in [-0.4, -0.2) is 11.0 Å². The zero-order valence-corrected chi connectivity index (χ0v) is 10.3. The SMILES string of the molecule is Cl.NC(=O)C(O)c1c(Cl)ccc2ccccc12. The van der Waals surface area contributed by atoms with E-state index >= 15 is 0 Å². The van der Waals surface area contributed by atoms with Crippen molar-refractivity contribution in [3.8, 4) is 0 Å². The molecule has 0 aliphatic carbocycles. The van der Waals surface area contributed by atoms with Crippen molar-refractivity contribution in [2.24, 2.45) is 5.73 Å². The molecule has 0 aliphatic heterocycles. The number of benzene rings is 2. The van der Waals surface area contributed by atoms with Gasteiger partial charge in [-0.1, -0.05) is 41.9 Å². The van der Waals surface area contributed by atoms with Gasteiger partial charge in [-0.05, 0) is 16.8 Å². The fraction of sp³-hybridized carbons (Fsp3) is 0.0833. The van der Waals surface area contributed by atoms with Crippen molar-refractivity contribution < 1.29 is 9.90 Å². The summed E-state index contributed by atoms with van der Waals surface area (Å²) in [7, 11) is 0. The maximum absolute atomic E-state index is 11.0. The first kappa shape index (κ1) is 13.8. The third-order valence-corrected chi connectivity index (χ3v) is 2.79. The second-order valence-electron chi connectivity index (χ2n) is 3.49. The highest BCUT2D eigenvalue weighted by Gasteiger charge is 2.19. The van der Waals surface area contributed by atoms with Crippen LogP contribution in [0.3, 0.4) is 0 Å². The van der Waals surface area contributed by atoms with Gasteiger partial charge in [0, 0.05) is 10.6 Å². The molecule has 1 atom stereocenters. The molecule has 5 heteroatoms. The first-order chi connectivity index (χ1) is 7.61. The van der Waals surface area contributed by atoms with Gasteiger partial charge < -0.3 is 10.8 Å². The number of amides is 1. The first-order valence-electron chi connectivity index (χ1n) is 4.76. The molecule has 3 N–H and O–H groups in total. The molecular formula is C12H11Cl2NO2. The largest absolute Gasteiger partial charge is 0.378 e. The van der Waals surface area contributed by atoms with Crippen LogP contribution in [0.5, 0.6) is 0 Å². The van der Waals surface area contributed by atoms with E-state index in [0.717, 1.165) is 10.8 Å². The van der Waals surface area contributed by atoms with Crippen LogP contribution in [0.4, 0.5) is 0 Å². The monoisotopic (exact) mass is 271 g/mol. The molecule has 17 heavy (non-hydrogen) atoms. The maximum Gasteiger partial charge on any atom is 0.250 e. The van der Waals surface area contributed by atoms with Crippen LogP contribution in [0.2, 0.25) is 5.02 Å². The number of aliphatic hydroxyl groups excluding tert-OH is 1. The summed E-state index contributed by atoms with van der Waals surface area (Å²) in [5.41, 5.74) is 5.45. The molecule has 0 saturated carbocycles. The van der Waals surface area contributed by atoms with E-state index in [4.69, 9.17) is 17.3 Å². The van der Waals surface area contributed by atoms with Crippen LogP contribution in [0.15, 0.2) is 36.4 Å². The van der Waals surface area contributed by atoms with E-state index in [1.807, 2.05) is 24.3 Å². The van der Waals surface area contributed by atoms with Crippen molar-refractivity contribution in [3.05, 3.63) is 47.0 Å². The van der Waals surface area contributed by atoms with Gasteiger partial charge in [-0.25, -0.2) is 0 Å². The van der Waals surface area contributed by atoms with E-state index in [1.165, 1.54) is 0 Å². The number of carbonyl (C=O) groups is 1. The Morgan fingerprint density at radius 2 is 1.88 bits per heavy atom. The summed E-state index contributed by atoms with van der Waals surface area (Å²) in [6, 6.07) is 10.8. The second kappa shape index (κ2) is 5.36. The van der Waals surface area contributed by atoms with Crippen molar-refractivity contribution in [1.29, 1.82) is 0 Å². The molecule has 2 rings (SSSR count). The number of carbonyl (C=O) groups excluding carboxylic acids is 1. The Balaban J connectivity index is 0.00000144. The molecule has 1 unspecified atom stereocenters. The van der Waals surface area contributed by atoms with Gasteiger partial charge in [-0.2, -0.15) is 0 Å². The predicted molar refractivity (Wildman–Crippen MR) is 70.4 cm³/mol. The zero-order valence-electron chi connectivity index (χ0n) is 8.76. The zero-order chi connectivity index (χ0) is 11.7. The molecule has 2 aromatic rings. The van der Waals surface area contributed by atoms with Gasteiger partial charge in [0.2, 0.25) is 0 Å². The number of primary amides is 1. The fourth-order valence-electron chi connectivity index (χ4n) is 1.69. The molecule has 0 aliphatic rings. The topological polar surface area (TPSA) is 63.3 Å². The predicted octanol–water partition coefficient (Wildman–Crippen LogP) is 2.43. The lowest BCUT2D eigenvalue weighted by molar-refractivity contribution is -0.126. The lowest BCUT2D eigenvalue weighted by Crippen LogP contribution is -2.21. The number of nitrogens with two attached hydrogens (primary N) is 1. The minimum absolute atomic E-state index is 0. The molecular weight excluding hydrogens is 261 g/mol. The Hall–Kier alpha value is -1.29. The van der Waals surface area contributed by atoms with Gasteiger partial charge in [0.1, 0.15) is 0 Å². The van der Waals surface area contributed by atoms with E-state index in [1.54, 1.807) is 12.1 Å². The molecule has 0 saturated heterocycles. The fourth-order valence-corrected chi connectivity index (χ4v) is 1.96. The smallest absolute Gasteiger partial charge is 0.250 e. The summed E-state index contributed by atoms with van der Waals surface area (Å²) in [5.74, 6) is -0.807. The summed E-state index contributed by atoms with van der Waals surface area (Å²) in [6.07, 6.45) is -1.38. The van der Waals surface area contributed by atoms with Crippen LogP contribution in [0.1, 0.15) is 11.7 Å². The van der Waals surface area contributed by atoms with E-state index in [2.05, 4.69) is 0 Å². The molecule has 0 radical (unpaired) electrons. The highest BCUT2D eigenvalue weighted by molar-refractivity contribution is 6.32. The third kappa shape index (κ3) is 2.52. The van der Waals surface area contributed by atoms with E-state index < -0.39 is 12.0 Å². The van der Waals surface area contributed by atoms with Crippen LogP contribution in [-0.2, 0) is 4.79 Å². The van der Waals surface area contributed by atoms with Gasteiger partial charge in [-0.3, -0.25) is 4.79 Å². The average molecular weight is 272 g/mol. The lowest BCUT2D eigenvalue weighted by Gasteiger charge is -2.12. The highest BCUT2D eigenvalue weighted by atomic mass is 35.5. The molecule has 0 heterocycles. The number of hydrogen-bond donors (Lipinski definition) is 2. The van der Waals surface area contributed by atoms with Crippen molar-refractivity contribution >= 4 is 40.7 Å². The van der Waals surface area contributed by atoms with Crippen molar-refractivity contribution in [2.45, 2.75) is 6.10 Å². The minimum Gasteiger partial charge on any atom is -0.378 e. The Bertz CT molecular complexity index is 557. The number of hydrogen-bond acceptors (Lipinski definition) is 2. The summed E-state index contributed by atoms with van der Waals surface area (Å²) in [5, 5.41) is 11.7. The Morgan fingerprint density at radius 1 is 1.24 bits per heavy atom. The summed E-state index contributed by atoms with van der Waals surface area (Å²) >= 11 is 5.97. The normalized spacial score (nSPS) is 11.9. The molecule has 1 amide bonds. The molecule has 0 spiro atoms. The summed E-state index contributed by atoms with van der Waals surface area (Å²) in [4.78, 5) is 11.0. The number of halogens is 2. The summed E-state index contributed by atoms with van der Waals surface area (Å²) in [6.45, 7) is 0.